The highest BCUT2D eigenvalue weighted by Crippen LogP contribution is 2.31. The second-order valence-electron chi connectivity index (χ2n) is 5.33. The SMILES string of the molecule is CCNC(=NCC(O)COc1cccc(C(F)(F)F)c1)NCCOCC. The maximum atomic E-state index is 12.7. The molecule has 0 aliphatic carbocycles. The van der Waals surface area contributed by atoms with Crippen molar-refractivity contribution in [2.24, 2.45) is 4.99 Å². The van der Waals surface area contributed by atoms with Crippen molar-refractivity contribution in [3.05, 3.63) is 29.8 Å². The number of nitrogens with zero attached hydrogens (tertiary/aromatic N) is 1. The van der Waals surface area contributed by atoms with Crippen molar-refractivity contribution in [1.29, 1.82) is 0 Å². The third kappa shape index (κ3) is 8.91. The Morgan fingerprint density at radius 3 is 2.69 bits per heavy atom. The highest BCUT2D eigenvalue weighted by Gasteiger charge is 2.30. The van der Waals surface area contributed by atoms with Gasteiger partial charge in [0.15, 0.2) is 5.96 Å². The van der Waals surface area contributed by atoms with Gasteiger partial charge in [-0.1, -0.05) is 6.07 Å². The van der Waals surface area contributed by atoms with Crippen LogP contribution in [0.5, 0.6) is 5.75 Å². The number of guanidine groups is 1. The van der Waals surface area contributed by atoms with E-state index in [0.29, 0.717) is 32.3 Å². The summed E-state index contributed by atoms with van der Waals surface area (Å²) in [6, 6.07) is 4.53. The fraction of sp³-hybridized carbons (Fsp3) is 0.588. The highest BCUT2D eigenvalue weighted by molar-refractivity contribution is 5.79. The second kappa shape index (κ2) is 11.6. The van der Waals surface area contributed by atoms with E-state index in [0.717, 1.165) is 12.1 Å². The first-order valence-corrected chi connectivity index (χ1v) is 8.44. The highest BCUT2D eigenvalue weighted by atomic mass is 19.4. The Morgan fingerprint density at radius 1 is 1.27 bits per heavy atom. The number of hydrogen-bond donors (Lipinski definition) is 3. The molecule has 0 heterocycles. The van der Waals surface area contributed by atoms with E-state index in [-0.39, 0.29) is 18.9 Å². The zero-order valence-electron chi connectivity index (χ0n) is 15.0. The van der Waals surface area contributed by atoms with E-state index in [1.54, 1.807) is 0 Å². The van der Waals surface area contributed by atoms with Crippen LogP contribution in [0.4, 0.5) is 13.2 Å². The van der Waals surface area contributed by atoms with Gasteiger partial charge in [0, 0.05) is 19.7 Å². The maximum absolute atomic E-state index is 12.7. The third-order valence-electron chi connectivity index (χ3n) is 3.15. The van der Waals surface area contributed by atoms with E-state index in [2.05, 4.69) is 15.6 Å². The minimum absolute atomic E-state index is 0.0446. The first kappa shape index (κ1) is 22.0. The number of rotatable bonds is 10. The summed E-state index contributed by atoms with van der Waals surface area (Å²) < 4.78 is 48.4. The summed E-state index contributed by atoms with van der Waals surface area (Å²) in [5, 5.41) is 16.0. The second-order valence-corrected chi connectivity index (χ2v) is 5.33. The van der Waals surface area contributed by atoms with Crippen LogP contribution in [0.1, 0.15) is 19.4 Å². The van der Waals surface area contributed by atoms with Crippen molar-refractivity contribution < 1.29 is 27.8 Å². The molecule has 1 atom stereocenters. The van der Waals surface area contributed by atoms with Crippen LogP contribution in [0.15, 0.2) is 29.3 Å². The summed E-state index contributed by atoms with van der Waals surface area (Å²) in [7, 11) is 0. The van der Waals surface area contributed by atoms with Crippen LogP contribution in [-0.4, -0.2) is 56.6 Å². The molecule has 0 bridgehead atoms. The average Bonchev–Trinajstić information content (AvgIpc) is 2.61. The van der Waals surface area contributed by atoms with Crippen molar-refractivity contribution >= 4 is 5.96 Å². The number of hydrogen-bond acceptors (Lipinski definition) is 4. The predicted octanol–water partition coefficient (Wildman–Crippen LogP) is 2.04. The Balaban J connectivity index is 2.47. The third-order valence-corrected chi connectivity index (χ3v) is 3.15. The van der Waals surface area contributed by atoms with Crippen LogP contribution in [0.25, 0.3) is 0 Å². The average molecular weight is 377 g/mol. The van der Waals surface area contributed by atoms with Gasteiger partial charge in [-0.15, -0.1) is 0 Å². The maximum Gasteiger partial charge on any atom is 0.416 e. The van der Waals surface area contributed by atoms with Gasteiger partial charge < -0.3 is 25.2 Å². The Labute approximate surface area is 151 Å². The molecule has 1 aromatic carbocycles. The monoisotopic (exact) mass is 377 g/mol. The molecule has 148 valence electrons. The molecule has 0 aliphatic heterocycles. The van der Waals surface area contributed by atoms with Gasteiger partial charge in [0.25, 0.3) is 0 Å². The molecule has 0 radical (unpaired) electrons. The minimum atomic E-state index is -4.43. The lowest BCUT2D eigenvalue weighted by molar-refractivity contribution is -0.137. The summed E-state index contributed by atoms with van der Waals surface area (Å²) in [5.74, 6) is 0.565. The van der Waals surface area contributed by atoms with Crippen LogP contribution >= 0.6 is 0 Å². The number of aliphatic hydroxyl groups is 1. The molecule has 3 N–H and O–H groups in total. The molecule has 0 saturated carbocycles. The largest absolute Gasteiger partial charge is 0.491 e. The molecule has 1 unspecified atom stereocenters. The minimum Gasteiger partial charge on any atom is -0.491 e. The summed E-state index contributed by atoms with van der Waals surface area (Å²) in [4.78, 5) is 4.21. The molecule has 9 heteroatoms. The normalized spacial score (nSPS) is 13.4. The van der Waals surface area contributed by atoms with E-state index in [1.165, 1.54) is 12.1 Å². The lowest BCUT2D eigenvalue weighted by Gasteiger charge is -2.14. The fourth-order valence-corrected chi connectivity index (χ4v) is 1.93. The van der Waals surface area contributed by atoms with Gasteiger partial charge in [-0.25, -0.2) is 0 Å². The zero-order valence-corrected chi connectivity index (χ0v) is 15.0. The molecule has 1 aromatic rings. The molecule has 0 aromatic heterocycles. The Kier molecular flexibility index (Phi) is 9.82. The standard InChI is InChI=1S/C17H26F3N3O3/c1-3-21-16(22-8-9-25-4-2)23-11-14(24)12-26-15-7-5-6-13(10-15)17(18,19)20/h5-7,10,14,24H,3-4,8-9,11-12H2,1-2H3,(H2,21,22,23). The summed E-state index contributed by atoms with van der Waals surface area (Å²) >= 11 is 0. The van der Waals surface area contributed by atoms with E-state index in [1.807, 2.05) is 13.8 Å². The fourth-order valence-electron chi connectivity index (χ4n) is 1.93. The quantitative estimate of drug-likeness (QED) is 0.331. The molecule has 6 nitrogen and oxygen atoms in total. The van der Waals surface area contributed by atoms with Crippen molar-refractivity contribution in [3.63, 3.8) is 0 Å². The van der Waals surface area contributed by atoms with E-state index >= 15 is 0 Å². The lowest BCUT2D eigenvalue weighted by Crippen LogP contribution is -2.39. The molecule has 0 spiro atoms. The molecule has 1 rings (SSSR count). The van der Waals surface area contributed by atoms with Gasteiger partial charge in [0.1, 0.15) is 18.5 Å². The smallest absolute Gasteiger partial charge is 0.416 e. The van der Waals surface area contributed by atoms with Gasteiger partial charge in [-0.05, 0) is 32.0 Å². The van der Waals surface area contributed by atoms with Crippen molar-refractivity contribution in [2.45, 2.75) is 26.1 Å². The van der Waals surface area contributed by atoms with Crippen molar-refractivity contribution in [2.75, 3.05) is 39.5 Å². The molecule has 0 fully saturated rings. The number of halogens is 3. The van der Waals surface area contributed by atoms with Crippen LogP contribution in [0, 0.1) is 0 Å². The molecule has 26 heavy (non-hydrogen) atoms. The van der Waals surface area contributed by atoms with Gasteiger partial charge >= 0.3 is 6.18 Å². The topological polar surface area (TPSA) is 75.1 Å². The molecular weight excluding hydrogens is 351 g/mol. The number of ether oxygens (including phenoxy) is 2. The lowest BCUT2D eigenvalue weighted by atomic mass is 10.2. The van der Waals surface area contributed by atoms with Gasteiger partial charge in [-0.2, -0.15) is 13.2 Å². The summed E-state index contributed by atoms with van der Waals surface area (Å²) in [5.41, 5.74) is -0.796. The number of aliphatic imine (C=N–C) groups is 1. The Bertz CT molecular complexity index is 554. The Morgan fingerprint density at radius 2 is 2.04 bits per heavy atom. The van der Waals surface area contributed by atoms with Crippen LogP contribution < -0.4 is 15.4 Å². The zero-order chi connectivity index (χ0) is 19.4. The molecule has 0 amide bonds. The predicted molar refractivity (Wildman–Crippen MR) is 93.4 cm³/mol. The van der Waals surface area contributed by atoms with Gasteiger partial charge in [0.2, 0.25) is 0 Å². The van der Waals surface area contributed by atoms with E-state index < -0.39 is 17.8 Å². The van der Waals surface area contributed by atoms with Crippen molar-refractivity contribution in [3.8, 4) is 5.75 Å². The van der Waals surface area contributed by atoms with Gasteiger partial charge in [-0.3, -0.25) is 4.99 Å². The number of benzene rings is 1. The van der Waals surface area contributed by atoms with Crippen LogP contribution in [-0.2, 0) is 10.9 Å². The van der Waals surface area contributed by atoms with Crippen LogP contribution in [0.2, 0.25) is 0 Å². The van der Waals surface area contributed by atoms with Gasteiger partial charge in [0.05, 0.1) is 18.7 Å². The number of nitrogens with one attached hydrogen (secondary N) is 2. The summed E-state index contributed by atoms with van der Waals surface area (Å²) in [6.45, 7) is 6.07. The van der Waals surface area contributed by atoms with E-state index in [9.17, 15) is 18.3 Å². The van der Waals surface area contributed by atoms with E-state index in [4.69, 9.17) is 9.47 Å². The first-order chi connectivity index (χ1) is 12.4. The first-order valence-electron chi connectivity index (χ1n) is 8.44. The van der Waals surface area contributed by atoms with Crippen LogP contribution in [0.3, 0.4) is 0 Å². The molecule has 0 aliphatic rings. The number of alkyl halides is 3. The Hall–Kier alpha value is -2.00. The molecular formula is C17H26F3N3O3. The molecule has 0 saturated heterocycles. The van der Waals surface area contributed by atoms with Crippen molar-refractivity contribution in [1.82, 2.24) is 10.6 Å². The number of aliphatic hydroxyl groups excluding tert-OH is 1. The summed E-state index contributed by atoms with van der Waals surface area (Å²) in [6.07, 6.45) is -5.39.